The quantitative estimate of drug-likeness (QED) is 0.106. The van der Waals surface area contributed by atoms with Gasteiger partial charge in [-0.1, -0.05) is 41.4 Å². The number of alkyl halides is 2. The number of nitrogens with zero attached hydrogens (tertiary/aromatic N) is 2. The molecule has 1 fully saturated rings. The number of benzene rings is 2. The highest BCUT2D eigenvalue weighted by atomic mass is 35.5. The van der Waals surface area contributed by atoms with Crippen LogP contribution in [0.4, 0.5) is 8.78 Å². The molecule has 42 heavy (non-hydrogen) atoms. The molecule has 0 spiro atoms. The Hall–Kier alpha value is -2.48. The average molecular weight is 662 g/mol. The molecule has 0 saturated heterocycles. The van der Waals surface area contributed by atoms with Gasteiger partial charge in [0, 0.05) is 30.3 Å². The number of carbonyl (C=O) groups excluding carboxylic acids is 1. The predicted molar refractivity (Wildman–Crippen MR) is 157 cm³/mol. The highest BCUT2D eigenvalue weighted by molar-refractivity contribution is 7.98. The van der Waals surface area contributed by atoms with Gasteiger partial charge < -0.3 is 14.2 Å². The predicted octanol–water partition coefficient (Wildman–Crippen LogP) is 6.97. The van der Waals surface area contributed by atoms with Crippen molar-refractivity contribution in [3.63, 3.8) is 0 Å². The van der Waals surface area contributed by atoms with Crippen LogP contribution in [0.2, 0.25) is 10.0 Å². The summed E-state index contributed by atoms with van der Waals surface area (Å²) in [6.07, 6.45) is 5.66. The van der Waals surface area contributed by atoms with Crippen molar-refractivity contribution in [2.75, 3.05) is 19.4 Å². The molecule has 14 heteroatoms. The molecule has 4 rings (SSSR count). The second kappa shape index (κ2) is 15.3. The van der Waals surface area contributed by atoms with Crippen molar-refractivity contribution in [1.29, 1.82) is 0 Å². The lowest BCUT2D eigenvalue weighted by Gasteiger charge is -2.23. The van der Waals surface area contributed by atoms with Gasteiger partial charge in [-0.2, -0.15) is 13.1 Å². The lowest BCUT2D eigenvalue weighted by Crippen LogP contribution is -2.33. The minimum atomic E-state index is -3.07. The van der Waals surface area contributed by atoms with Gasteiger partial charge >= 0.3 is 12.6 Å². The first kappa shape index (κ1) is 32.4. The Balaban J connectivity index is 1.59. The number of hydrogen-bond acceptors (Lipinski definition) is 7. The highest BCUT2D eigenvalue weighted by Crippen LogP contribution is 2.38. The Labute approximate surface area is 259 Å². The molecule has 2 aromatic carbocycles. The van der Waals surface area contributed by atoms with Crippen LogP contribution < -0.4 is 9.47 Å². The maximum Gasteiger partial charge on any atom is 0.387 e. The van der Waals surface area contributed by atoms with Crippen LogP contribution in [0, 0.1) is 5.92 Å². The topological polar surface area (TPSA) is 98.2 Å². The van der Waals surface area contributed by atoms with E-state index in [1.165, 1.54) is 30.6 Å². The summed E-state index contributed by atoms with van der Waals surface area (Å²) in [6.45, 7) is -3.24. The second-order valence-corrected chi connectivity index (χ2v) is 12.2. The molecule has 2 atom stereocenters. The van der Waals surface area contributed by atoms with E-state index in [4.69, 9.17) is 32.7 Å². The van der Waals surface area contributed by atoms with Crippen LogP contribution in [0.1, 0.15) is 35.6 Å². The maximum atomic E-state index is 13.2. The van der Waals surface area contributed by atoms with Crippen LogP contribution >= 0.6 is 35.0 Å². The van der Waals surface area contributed by atoms with E-state index in [1.54, 1.807) is 23.9 Å². The van der Waals surface area contributed by atoms with Crippen LogP contribution in [-0.2, 0) is 33.8 Å². The zero-order valence-electron chi connectivity index (χ0n) is 22.4. The molecule has 1 unspecified atom stereocenters. The van der Waals surface area contributed by atoms with Crippen molar-refractivity contribution in [1.82, 2.24) is 9.29 Å². The van der Waals surface area contributed by atoms with E-state index in [-0.39, 0.29) is 34.5 Å². The molecular formula is C28H28Cl2F2N2O6S2. The standard InChI is InChI=1S/C28H28Cl2F2N2O6S2/c1-41-20-7-4-17(5-8-20)14-34(42(36)37)15-27(35)39-25(11-21-22(29)12-33-13-23(21)30)19-6-9-24(40-28(31)32)26(10-19)38-16-18-2-3-18/h4-10,12-13,18,25,28H,2-3,11,14-16H2,1H3,(H,36,37)/t25-/m0/s1. The molecule has 226 valence electrons. The van der Waals surface area contributed by atoms with E-state index in [2.05, 4.69) is 9.72 Å². The van der Waals surface area contributed by atoms with E-state index in [0.29, 0.717) is 23.7 Å². The number of pyridine rings is 1. The van der Waals surface area contributed by atoms with Crippen molar-refractivity contribution < 1.29 is 36.5 Å². The molecule has 1 saturated carbocycles. The van der Waals surface area contributed by atoms with Gasteiger partial charge in [-0.05, 0) is 66.0 Å². The van der Waals surface area contributed by atoms with E-state index < -0.39 is 36.5 Å². The summed E-state index contributed by atoms with van der Waals surface area (Å²) in [5.74, 6) is -0.565. The molecule has 1 aromatic heterocycles. The van der Waals surface area contributed by atoms with Crippen molar-refractivity contribution in [3.05, 3.63) is 81.6 Å². The van der Waals surface area contributed by atoms with Crippen LogP contribution in [0.5, 0.6) is 11.5 Å². The Kier molecular flexibility index (Phi) is 11.8. The number of esters is 1. The summed E-state index contributed by atoms with van der Waals surface area (Å²) in [7, 11) is 0. The Morgan fingerprint density at radius 2 is 1.83 bits per heavy atom. The molecular weight excluding hydrogens is 633 g/mol. The van der Waals surface area contributed by atoms with Gasteiger partial charge in [-0.25, -0.2) is 4.21 Å². The number of carbonyl (C=O) groups is 1. The van der Waals surface area contributed by atoms with Crippen LogP contribution in [0.25, 0.3) is 0 Å². The lowest BCUT2D eigenvalue weighted by atomic mass is 10.0. The summed E-state index contributed by atoms with van der Waals surface area (Å²) >= 11 is 11.8. The Morgan fingerprint density at radius 1 is 1.14 bits per heavy atom. The summed E-state index contributed by atoms with van der Waals surface area (Å²) in [5, 5.41) is 0.469. The molecule has 1 heterocycles. The van der Waals surface area contributed by atoms with Crippen molar-refractivity contribution in [2.24, 2.45) is 5.92 Å². The first-order chi connectivity index (χ1) is 20.1. The summed E-state index contributed by atoms with van der Waals surface area (Å²) in [5.41, 5.74) is 1.56. The SMILES string of the molecule is CSc1ccc(CN(CC(=O)O[C@@H](Cc2c(Cl)cncc2Cl)c2ccc(OC(F)F)c(OCC3CC3)c2)S(=O)O)cc1. The summed E-state index contributed by atoms with van der Waals surface area (Å²) < 4.78 is 65.4. The van der Waals surface area contributed by atoms with E-state index in [0.717, 1.165) is 27.6 Å². The van der Waals surface area contributed by atoms with Gasteiger partial charge in [0.05, 0.1) is 16.7 Å². The molecule has 0 aliphatic heterocycles. The third-order valence-corrected chi connectivity index (χ3v) is 8.48. The van der Waals surface area contributed by atoms with Gasteiger partial charge in [0.2, 0.25) is 11.3 Å². The fourth-order valence-electron chi connectivity index (χ4n) is 4.01. The third-order valence-electron chi connectivity index (χ3n) is 6.39. The van der Waals surface area contributed by atoms with Gasteiger partial charge in [0.15, 0.2) is 11.5 Å². The fourth-order valence-corrected chi connectivity index (χ4v) is 5.41. The third kappa shape index (κ3) is 9.51. The summed E-state index contributed by atoms with van der Waals surface area (Å²) in [4.78, 5) is 18.1. The second-order valence-electron chi connectivity index (χ2n) is 9.48. The highest BCUT2D eigenvalue weighted by Gasteiger charge is 2.27. The van der Waals surface area contributed by atoms with Crippen LogP contribution in [-0.4, -0.2) is 50.0 Å². The van der Waals surface area contributed by atoms with E-state index >= 15 is 0 Å². The monoisotopic (exact) mass is 660 g/mol. The van der Waals surface area contributed by atoms with Crippen LogP contribution in [0.15, 0.2) is 59.8 Å². The Morgan fingerprint density at radius 3 is 2.43 bits per heavy atom. The maximum absolute atomic E-state index is 13.2. The normalized spacial score (nSPS) is 14.6. The number of halogens is 4. The number of rotatable bonds is 15. The zero-order chi connectivity index (χ0) is 30.2. The van der Waals surface area contributed by atoms with Gasteiger partial charge in [-0.15, -0.1) is 11.8 Å². The fraction of sp³-hybridized carbons (Fsp3) is 0.357. The van der Waals surface area contributed by atoms with Gasteiger partial charge in [-0.3, -0.25) is 14.3 Å². The largest absolute Gasteiger partial charge is 0.489 e. The van der Waals surface area contributed by atoms with Gasteiger partial charge in [0.25, 0.3) is 0 Å². The number of aromatic nitrogens is 1. The molecule has 1 aliphatic rings. The lowest BCUT2D eigenvalue weighted by molar-refractivity contribution is -0.149. The molecule has 0 radical (unpaired) electrons. The molecule has 0 bridgehead atoms. The van der Waals surface area contributed by atoms with Gasteiger partial charge in [0.1, 0.15) is 12.6 Å². The minimum Gasteiger partial charge on any atom is -0.489 e. The molecule has 1 aliphatic carbocycles. The van der Waals surface area contributed by atoms with Crippen molar-refractivity contribution >= 4 is 52.2 Å². The zero-order valence-corrected chi connectivity index (χ0v) is 25.5. The van der Waals surface area contributed by atoms with Crippen LogP contribution in [0.3, 0.4) is 0 Å². The first-order valence-electron chi connectivity index (χ1n) is 12.8. The minimum absolute atomic E-state index is 0.00139. The molecule has 1 N–H and O–H groups in total. The molecule has 0 amide bonds. The average Bonchev–Trinajstić information content (AvgIpc) is 3.78. The molecule has 3 aromatic rings. The number of hydrogen-bond donors (Lipinski definition) is 1. The summed E-state index contributed by atoms with van der Waals surface area (Å²) in [6, 6.07) is 11.6. The Bertz CT molecular complexity index is 1380. The van der Waals surface area contributed by atoms with E-state index in [1.807, 2.05) is 18.4 Å². The number of thioether (sulfide) groups is 1. The van der Waals surface area contributed by atoms with Crippen molar-refractivity contribution in [3.8, 4) is 11.5 Å². The van der Waals surface area contributed by atoms with E-state index in [9.17, 15) is 22.3 Å². The first-order valence-corrected chi connectivity index (χ1v) is 15.8. The smallest absolute Gasteiger partial charge is 0.387 e. The van der Waals surface area contributed by atoms with Crippen molar-refractivity contribution in [2.45, 2.75) is 43.4 Å². The number of ether oxygens (including phenoxy) is 3. The molecule has 8 nitrogen and oxygen atoms in total.